The summed E-state index contributed by atoms with van der Waals surface area (Å²) in [4.78, 5) is 30.1. The van der Waals surface area contributed by atoms with E-state index in [9.17, 15) is 14.7 Å². The lowest BCUT2D eigenvalue weighted by atomic mass is 9.99. The van der Waals surface area contributed by atoms with Crippen molar-refractivity contribution < 1.29 is 19.1 Å². The molecule has 2 aromatic carbocycles. The van der Waals surface area contributed by atoms with Gasteiger partial charge in [0, 0.05) is 30.0 Å². The maximum Gasteiger partial charge on any atom is 0.300 e. The predicted octanol–water partition coefficient (Wildman–Crippen LogP) is 5.20. The second kappa shape index (κ2) is 8.62. The number of rotatable bonds is 4. The number of hydrogen-bond acceptors (Lipinski definition) is 5. The normalized spacial score (nSPS) is 20.5. The first-order chi connectivity index (χ1) is 16.0. The van der Waals surface area contributed by atoms with Gasteiger partial charge >= 0.3 is 0 Å². The predicted molar refractivity (Wildman–Crippen MR) is 127 cm³/mol. The number of carbonyl (C=O) groups is 2. The number of aryl methyl sites for hydroxylation is 1. The molecule has 1 N–H and O–H groups in total. The maximum atomic E-state index is 13.2. The van der Waals surface area contributed by atoms with Crippen molar-refractivity contribution in [1.29, 1.82) is 0 Å². The number of furan rings is 1. The van der Waals surface area contributed by atoms with Crippen LogP contribution in [0.25, 0.3) is 5.76 Å². The Morgan fingerprint density at radius 1 is 0.879 bits per heavy atom. The Labute approximate surface area is 192 Å². The second-order valence-corrected chi connectivity index (χ2v) is 8.55. The average Bonchev–Trinajstić information content (AvgIpc) is 3.40. The lowest BCUT2D eigenvalue weighted by Crippen LogP contribution is -2.30. The van der Waals surface area contributed by atoms with E-state index in [0.717, 1.165) is 18.8 Å². The number of aliphatic hydroxyl groups excluding tert-OH is 1. The summed E-state index contributed by atoms with van der Waals surface area (Å²) in [7, 11) is 0. The first kappa shape index (κ1) is 21.1. The second-order valence-electron chi connectivity index (χ2n) is 8.55. The van der Waals surface area contributed by atoms with E-state index in [-0.39, 0.29) is 11.3 Å². The molecule has 1 aromatic heterocycles. The molecular weight excluding hydrogens is 416 g/mol. The zero-order valence-electron chi connectivity index (χ0n) is 18.5. The SMILES string of the molecule is Cc1ccc(C2/C(=C(/O)c3ccccc3)C(=O)C(=O)N2c2ccc(N3CCCCC3)cc2)o1. The fourth-order valence-corrected chi connectivity index (χ4v) is 4.70. The van der Waals surface area contributed by atoms with Crippen molar-refractivity contribution in [1.82, 2.24) is 0 Å². The van der Waals surface area contributed by atoms with Crippen LogP contribution in [0.3, 0.4) is 0 Å². The number of benzene rings is 2. The van der Waals surface area contributed by atoms with Crippen LogP contribution in [0, 0.1) is 6.92 Å². The average molecular weight is 443 g/mol. The van der Waals surface area contributed by atoms with Gasteiger partial charge in [-0.2, -0.15) is 0 Å². The van der Waals surface area contributed by atoms with Gasteiger partial charge in [0.25, 0.3) is 11.7 Å². The molecule has 2 aliphatic heterocycles. The molecule has 0 spiro atoms. The lowest BCUT2D eigenvalue weighted by Gasteiger charge is -2.29. The van der Waals surface area contributed by atoms with Crippen LogP contribution in [0.5, 0.6) is 0 Å². The number of anilines is 2. The highest BCUT2D eigenvalue weighted by atomic mass is 16.3. The molecule has 0 bridgehead atoms. The Morgan fingerprint density at radius 2 is 1.55 bits per heavy atom. The highest BCUT2D eigenvalue weighted by molar-refractivity contribution is 6.51. The van der Waals surface area contributed by atoms with Crippen LogP contribution in [-0.4, -0.2) is 29.9 Å². The summed E-state index contributed by atoms with van der Waals surface area (Å²) in [5, 5.41) is 11.1. The third-order valence-corrected chi connectivity index (χ3v) is 6.37. The largest absolute Gasteiger partial charge is 0.507 e. The van der Waals surface area contributed by atoms with Gasteiger partial charge in [0.2, 0.25) is 0 Å². The van der Waals surface area contributed by atoms with E-state index < -0.39 is 17.7 Å². The van der Waals surface area contributed by atoms with Gasteiger partial charge in [0.05, 0.1) is 5.57 Å². The summed E-state index contributed by atoms with van der Waals surface area (Å²) >= 11 is 0. The van der Waals surface area contributed by atoms with Gasteiger partial charge in [-0.1, -0.05) is 30.3 Å². The van der Waals surface area contributed by atoms with Crippen molar-refractivity contribution in [2.75, 3.05) is 22.9 Å². The van der Waals surface area contributed by atoms with E-state index in [2.05, 4.69) is 4.90 Å². The quantitative estimate of drug-likeness (QED) is 0.341. The molecule has 3 heterocycles. The van der Waals surface area contributed by atoms with Gasteiger partial charge in [0.15, 0.2) is 0 Å². The van der Waals surface area contributed by atoms with Gasteiger partial charge in [-0.25, -0.2) is 0 Å². The van der Waals surface area contributed by atoms with Crippen LogP contribution >= 0.6 is 0 Å². The topological polar surface area (TPSA) is 74.0 Å². The molecule has 33 heavy (non-hydrogen) atoms. The van der Waals surface area contributed by atoms with Gasteiger partial charge in [-0.3, -0.25) is 14.5 Å². The van der Waals surface area contributed by atoms with E-state index in [1.54, 1.807) is 43.3 Å². The van der Waals surface area contributed by atoms with Gasteiger partial charge in [0.1, 0.15) is 23.3 Å². The van der Waals surface area contributed by atoms with Crippen molar-refractivity contribution in [3.8, 4) is 0 Å². The molecule has 168 valence electrons. The maximum absolute atomic E-state index is 13.2. The highest BCUT2D eigenvalue weighted by Gasteiger charge is 2.48. The standard InChI is InChI=1S/C27H26N2O4/c1-18-10-15-22(33-18)24-23(25(30)19-8-4-2-5-9-19)26(31)27(32)29(24)21-13-11-20(12-14-21)28-16-6-3-7-17-28/h2,4-5,8-15,24,30H,3,6-7,16-17H2,1H3/b25-23-. The summed E-state index contributed by atoms with van der Waals surface area (Å²) in [5.74, 6) is -0.520. The van der Waals surface area contributed by atoms with Gasteiger partial charge in [-0.15, -0.1) is 0 Å². The summed E-state index contributed by atoms with van der Waals surface area (Å²) in [6.07, 6.45) is 3.60. The van der Waals surface area contributed by atoms with Crippen LogP contribution in [0.15, 0.2) is 76.7 Å². The van der Waals surface area contributed by atoms with E-state index in [1.807, 2.05) is 30.3 Å². The molecule has 6 nitrogen and oxygen atoms in total. The minimum Gasteiger partial charge on any atom is -0.507 e. The Morgan fingerprint density at radius 3 is 2.18 bits per heavy atom. The molecule has 0 saturated carbocycles. The smallest absolute Gasteiger partial charge is 0.300 e. The summed E-state index contributed by atoms with van der Waals surface area (Å²) in [5.41, 5.74) is 2.19. The third-order valence-electron chi connectivity index (χ3n) is 6.37. The zero-order chi connectivity index (χ0) is 22.9. The minimum atomic E-state index is -0.847. The lowest BCUT2D eigenvalue weighted by molar-refractivity contribution is -0.132. The monoisotopic (exact) mass is 442 g/mol. The first-order valence-electron chi connectivity index (χ1n) is 11.3. The number of amides is 1. The molecule has 0 radical (unpaired) electrons. The van der Waals surface area contributed by atoms with E-state index >= 15 is 0 Å². The fourth-order valence-electron chi connectivity index (χ4n) is 4.70. The number of nitrogens with zero attached hydrogens (tertiary/aromatic N) is 2. The first-order valence-corrected chi connectivity index (χ1v) is 11.3. The van der Waals surface area contributed by atoms with E-state index in [1.165, 1.54) is 24.2 Å². The van der Waals surface area contributed by atoms with Crippen molar-refractivity contribution in [2.24, 2.45) is 0 Å². The molecule has 2 saturated heterocycles. The molecule has 6 heteroatoms. The Bertz CT molecular complexity index is 1200. The van der Waals surface area contributed by atoms with Gasteiger partial charge < -0.3 is 14.4 Å². The molecule has 5 rings (SSSR count). The summed E-state index contributed by atoms with van der Waals surface area (Å²) in [6.45, 7) is 3.85. The third kappa shape index (κ3) is 3.82. The van der Waals surface area contributed by atoms with Crippen LogP contribution in [0.1, 0.15) is 42.4 Å². The van der Waals surface area contributed by atoms with Crippen molar-refractivity contribution in [3.05, 3.63) is 89.4 Å². The Balaban J connectivity index is 1.59. The number of hydrogen-bond donors (Lipinski definition) is 1. The van der Waals surface area contributed by atoms with Crippen molar-refractivity contribution >= 4 is 28.8 Å². The number of carbonyl (C=O) groups excluding carboxylic acids is 2. The molecular formula is C27H26N2O4. The molecule has 1 unspecified atom stereocenters. The van der Waals surface area contributed by atoms with Crippen LogP contribution in [0.2, 0.25) is 0 Å². The summed E-state index contributed by atoms with van der Waals surface area (Å²) < 4.78 is 5.85. The molecule has 1 atom stereocenters. The molecule has 1 amide bonds. The Hall–Kier alpha value is -3.80. The Kier molecular flexibility index (Phi) is 5.50. The molecule has 0 aliphatic carbocycles. The zero-order valence-corrected chi connectivity index (χ0v) is 18.5. The molecule has 2 fully saturated rings. The number of aliphatic hydroxyl groups is 1. The van der Waals surface area contributed by atoms with Crippen LogP contribution < -0.4 is 9.80 Å². The van der Waals surface area contributed by atoms with Crippen molar-refractivity contribution in [3.63, 3.8) is 0 Å². The van der Waals surface area contributed by atoms with E-state index in [4.69, 9.17) is 4.42 Å². The number of piperidine rings is 1. The van der Waals surface area contributed by atoms with Crippen molar-refractivity contribution in [2.45, 2.75) is 32.2 Å². The van der Waals surface area contributed by atoms with Crippen LogP contribution in [-0.2, 0) is 9.59 Å². The summed E-state index contributed by atoms with van der Waals surface area (Å²) in [6, 6.07) is 19.2. The van der Waals surface area contributed by atoms with E-state index in [0.29, 0.717) is 22.8 Å². The van der Waals surface area contributed by atoms with Crippen LogP contribution in [0.4, 0.5) is 11.4 Å². The molecule has 3 aromatic rings. The van der Waals surface area contributed by atoms with Gasteiger partial charge in [-0.05, 0) is 62.6 Å². The highest BCUT2D eigenvalue weighted by Crippen LogP contribution is 2.43. The minimum absolute atomic E-state index is 0.0284. The molecule has 2 aliphatic rings. The number of ketones is 1. The fraction of sp³-hybridized carbons (Fsp3) is 0.259. The number of Topliss-reactive ketones (excluding diaryl/α,β-unsaturated/α-hetero) is 1.